The van der Waals surface area contributed by atoms with Crippen LogP contribution in [-0.2, 0) is 30.8 Å². The molecule has 4 rings (SSSR count). The van der Waals surface area contributed by atoms with Gasteiger partial charge < -0.3 is 19.5 Å². The molecule has 16 heteroatoms. The summed E-state index contributed by atoms with van der Waals surface area (Å²) in [6.07, 6.45) is -5.41. The summed E-state index contributed by atoms with van der Waals surface area (Å²) >= 11 is 0. The third-order valence-corrected chi connectivity index (χ3v) is 8.90. The normalized spacial score (nSPS) is 16.9. The van der Waals surface area contributed by atoms with Crippen LogP contribution in [0.1, 0.15) is 38.4 Å². The average Bonchev–Trinajstić information content (AvgIpc) is 2.98. The number of carbonyl (C=O) groups is 3. The van der Waals surface area contributed by atoms with Crippen molar-refractivity contribution in [2.45, 2.75) is 57.4 Å². The molecule has 0 bridgehead atoms. The smallest absolute Gasteiger partial charge is 0.489 e. The Kier molecular flexibility index (Phi) is 11.8. The number of fused-ring (bicyclic) bond motifs is 1. The van der Waals surface area contributed by atoms with Gasteiger partial charge in [0.2, 0.25) is 5.91 Å². The molecule has 1 fully saturated rings. The summed E-state index contributed by atoms with van der Waals surface area (Å²) in [7, 11) is -3.78. The Bertz CT molecular complexity index is 1690. The van der Waals surface area contributed by atoms with Crippen LogP contribution in [0.5, 0.6) is 5.75 Å². The number of hydroxylamine groups is 1. The van der Waals surface area contributed by atoms with Gasteiger partial charge in [0, 0.05) is 29.7 Å². The fraction of sp³-hybridized carbons (Fsp3) is 0.419. The maximum atomic E-state index is 13.3. The molecular formula is C31H36F3N3O9S. The van der Waals surface area contributed by atoms with Crippen molar-refractivity contribution in [1.82, 2.24) is 15.4 Å². The number of rotatable bonds is 7. The summed E-state index contributed by atoms with van der Waals surface area (Å²) in [4.78, 5) is 39.9. The molecule has 0 aliphatic carbocycles. The third kappa shape index (κ3) is 10.5. The van der Waals surface area contributed by atoms with Gasteiger partial charge in [-0.2, -0.15) is 13.2 Å². The summed E-state index contributed by atoms with van der Waals surface area (Å²) < 4.78 is 69.7. The molecule has 256 valence electrons. The van der Waals surface area contributed by atoms with Gasteiger partial charge >= 0.3 is 18.2 Å². The van der Waals surface area contributed by atoms with Gasteiger partial charge in [0.15, 0.2) is 9.84 Å². The van der Waals surface area contributed by atoms with Crippen molar-refractivity contribution < 1.29 is 55.8 Å². The molecule has 0 unspecified atom stereocenters. The monoisotopic (exact) mass is 683 g/mol. The minimum absolute atomic E-state index is 0.0581. The Balaban J connectivity index is 0.000000771. The van der Waals surface area contributed by atoms with Crippen molar-refractivity contribution in [1.29, 1.82) is 0 Å². The van der Waals surface area contributed by atoms with Crippen LogP contribution in [0.3, 0.4) is 0 Å². The number of aryl methyl sites for hydroxylation is 1. The first kappa shape index (κ1) is 37.0. The van der Waals surface area contributed by atoms with E-state index in [-0.39, 0.29) is 30.2 Å². The van der Waals surface area contributed by atoms with Crippen LogP contribution >= 0.6 is 0 Å². The molecule has 2 heterocycles. The first-order valence-electron chi connectivity index (χ1n) is 14.3. The molecule has 2 aromatic carbocycles. The molecule has 1 aromatic heterocycles. The molecule has 1 aliphatic heterocycles. The van der Waals surface area contributed by atoms with Crippen molar-refractivity contribution in [2.75, 3.05) is 18.8 Å². The van der Waals surface area contributed by atoms with Crippen molar-refractivity contribution in [3.05, 3.63) is 65.9 Å². The number of likely N-dealkylation sites (tertiary alicyclic amines) is 1. The Labute approximate surface area is 269 Å². The number of nitrogens with zero attached hydrogens (tertiary/aromatic N) is 2. The Morgan fingerprint density at radius 2 is 1.68 bits per heavy atom. The molecule has 1 aliphatic rings. The maximum Gasteiger partial charge on any atom is 0.490 e. The minimum atomic E-state index is -5.08. The summed E-state index contributed by atoms with van der Waals surface area (Å²) in [5, 5.41) is 17.4. The predicted octanol–water partition coefficient (Wildman–Crippen LogP) is 4.91. The zero-order chi connectivity index (χ0) is 35.2. The third-order valence-electron chi connectivity index (χ3n) is 7.04. The Morgan fingerprint density at radius 1 is 1.06 bits per heavy atom. The average molecular weight is 684 g/mol. The van der Waals surface area contributed by atoms with E-state index in [1.807, 2.05) is 37.3 Å². The van der Waals surface area contributed by atoms with E-state index in [9.17, 15) is 36.4 Å². The lowest BCUT2D eigenvalue weighted by molar-refractivity contribution is -0.192. The van der Waals surface area contributed by atoms with Crippen LogP contribution in [0, 0.1) is 18.8 Å². The number of carbonyl (C=O) groups excluding carboxylic acids is 2. The Hall–Kier alpha value is -4.44. The Morgan fingerprint density at radius 3 is 2.26 bits per heavy atom. The topological polar surface area (TPSA) is 172 Å². The highest BCUT2D eigenvalue weighted by atomic mass is 32.2. The van der Waals surface area contributed by atoms with Crippen molar-refractivity contribution >= 4 is 38.7 Å². The number of piperidine rings is 1. The first-order chi connectivity index (χ1) is 21.8. The van der Waals surface area contributed by atoms with Crippen molar-refractivity contribution in [2.24, 2.45) is 11.8 Å². The molecule has 0 saturated carbocycles. The van der Waals surface area contributed by atoms with Gasteiger partial charge in [0.05, 0.1) is 22.1 Å². The summed E-state index contributed by atoms with van der Waals surface area (Å²) in [5.74, 6) is -4.81. The molecule has 3 aromatic rings. The number of benzene rings is 2. The summed E-state index contributed by atoms with van der Waals surface area (Å²) in [6, 6.07) is 15.9. The van der Waals surface area contributed by atoms with E-state index in [1.165, 1.54) is 17.0 Å². The van der Waals surface area contributed by atoms with Crippen LogP contribution in [0.2, 0.25) is 0 Å². The minimum Gasteiger partial charge on any atom is -0.489 e. The number of hydrogen-bond acceptors (Lipinski definition) is 9. The van der Waals surface area contributed by atoms with E-state index in [0.29, 0.717) is 12.4 Å². The molecular weight excluding hydrogens is 647 g/mol. The van der Waals surface area contributed by atoms with Crippen molar-refractivity contribution in [3.63, 3.8) is 0 Å². The number of hydrogen-bond donors (Lipinski definition) is 3. The predicted molar refractivity (Wildman–Crippen MR) is 162 cm³/mol. The fourth-order valence-corrected chi connectivity index (χ4v) is 6.57. The number of carboxylic acids is 1. The van der Waals surface area contributed by atoms with Crippen LogP contribution in [0.15, 0.2) is 59.5 Å². The number of amides is 2. The summed E-state index contributed by atoms with van der Waals surface area (Å²) in [5.41, 5.74) is 3.64. The first-order valence-corrected chi connectivity index (χ1v) is 16.0. The van der Waals surface area contributed by atoms with Gasteiger partial charge in [0.25, 0.3) is 0 Å². The lowest BCUT2D eigenvalue weighted by atomic mass is 9.86. The second-order valence-corrected chi connectivity index (χ2v) is 13.9. The second-order valence-electron chi connectivity index (χ2n) is 11.8. The van der Waals surface area contributed by atoms with Crippen LogP contribution < -0.4 is 10.2 Å². The van der Waals surface area contributed by atoms with Gasteiger partial charge in [-0.15, -0.1) is 0 Å². The highest BCUT2D eigenvalue weighted by Crippen LogP contribution is 2.30. The van der Waals surface area contributed by atoms with Gasteiger partial charge in [-0.3, -0.25) is 15.0 Å². The number of pyridine rings is 1. The maximum absolute atomic E-state index is 13.3. The number of aromatic nitrogens is 1. The van der Waals surface area contributed by atoms with E-state index in [0.717, 1.165) is 22.2 Å². The molecule has 1 saturated heterocycles. The zero-order valence-electron chi connectivity index (χ0n) is 26.1. The second kappa shape index (κ2) is 15.0. The molecule has 2 amide bonds. The van der Waals surface area contributed by atoms with Crippen molar-refractivity contribution in [3.8, 4) is 5.75 Å². The number of halogens is 3. The standard InChI is InChI=1S/C29H35N3O7S.C2HF3O2/c1-19-15-21(24-7-5-6-8-26(24)30-19)17-38-22-9-11-23(12-10-22)40(36,37)18-20-13-14-32(16-25(20)27(33)31-35)28(34)39-29(2,3)4;3-2(4,5)1(6)7/h5-12,15,20,25,35H,13-14,16-18H2,1-4H3,(H,31,33);(H,6,7)/t20-,25-;/m0./s1. The van der Waals surface area contributed by atoms with Gasteiger partial charge in [-0.1, -0.05) is 18.2 Å². The van der Waals surface area contributed by atoms with E-state index in [4.69, 9.17) is 19.4 Å². The SMILES string of the molecule is Cc1cc(COc2ccc(S(=O)(=O)C[C@@H]3CCN(C(=O)OC(C)(C)C)C[C@@H]3C(=O)NO)cc2)c2ccccc2n1.O=C(O)C(F)(F)F. The van der Waals surface area contributed by atoms with Crippen LogP contribution in [-0.4, -0.2) is 77.2 Å². The number of alkyl halides is 3. The zero-order valence-corrected chi connectivity index (χ0v) is 26.9. The number of nitrogens with one attached hydrogen (secondary N) is 1. The number of ether oxygens (including phenoxy) is 2. The van der Waals surface area contributed by atoms with Crippen LogP contribution in [0.25, 0.3) is 10.9 Å². The number of aliphatic carboxylic acids is 1. The van der Waals surface area contributed by atoms with E-state index >= 15 is 0 Å². The number of para-hydroxylation sites is 1. The highest BCUT2D eigenvalue weighted by molar-refractivity contribution is 7.91. The fourth-order valence-electron chi connectivity index (χ4n) is 4.87. The van der Waals surface area contributed by atoms with Gasteiger partial charge in [-0.25, -0.2) is 23.5 Å². The van der Waals surface area contributed by atoms with Gasteiger partial charge in [0.1, 0.15) is 18.0 Å². The van der Waals surface area contributed by atoms with E-state index in [2.05, 4.69) is 4.98 Å². The van der Waals surface area contributed by atoms with E-state index in [1.54, 1.807) is 38.4 Å². The molecule has 3 N–H and O–H groups in total. The lowest BCUT2D eigenvalue weighted by Crippen LogP contribution is -2.51. The quantitative estimate of drug-likeness (QED) is 0.230. The molecule has 12 nitrogen and oxygen atoms in total. The molecule has 0 radical (unpaired) electrons. The molecule has 47 heavy (non-hydrogen) atoms. The lowest BCUT2D eigenvalue weighted by Gasteiger charge is -2.37. The van der Waals surface area contributed by atoms with Gasteiger partial charge in [-0.05, 0) is 76.4 Å². The van der Waals surface area contributed by atoms with Crippen LogP contribution in [0.4, 0.5) is 18.0 Å². The summed E-state index contributed by atoms with van der Waals surface area (Å²) in [6.45, 7) is 7.61. The molecule has 0 spiro atoms. The highest BCUT2D eigenvalue weighted by Gasteiger charge is 2.40. The number of carboxylic acid groups (broad SMARTS) is 1. The number of sulfone groups is 1. The largest absolute Gasteiger partial charge is 0.490 e. The van der Waals surface area contributed by atoms with E-state index < -0.39 is 51.4 Å². The molecule has 2 atom stereocenters.